The Hall–Kier alpha value is -1.84. The lowest BCUT2D eigenvalue weighted by molar-refractivity contribution is -0.152. The van der Waals surface area contributed by atoms with Crippen molar-refractivity contribution in [3.8, 4) is 0 Å². The highest BCUT2D eigenvalue weighted by molar-refractivity contribution is 5.89. The summed E-state index contributed by atoms with van der Waals surface area (Å²) >= 11 is 0. The Balaban J connectivity index is 1.93. The third kappa shape index (κ3) is 5.66. The fourth-order valence-electron chi connectivity index (χ4n) is 2.99. The number of carbonyl (C=O) groups is 2. The molecule has 2 rings (SSSR count). The maximum atomic E-state index is 12.1. The van der Waals surface area contributed by atoms with Crippen molar-refractivity contribution in [2.24, 2.45) is 5.92 Å². The monoisotopic (exact) mass is 332 g/mol. The first kappa shape index (κ1) is 18.5. The van der Waals surface area contributed by atoms with Gasteiger partial charge in [0.2, 0.25) is 0 Å². The second-order valence-electron chi connectivity index (χ2n) is 7.64. The summed E-state index contributed by atoms with van der Waals surface area (Å²) in [6.07, 6.45) is 4.51. The fourth-order valence-corrected chi connectivity index (χ4v) is 2.99. The molecule has 0 radical (unpaired) electrons. The summed E-state index contributed by atoms with van der Waals surface area (Å²) in [5, 5.41) is 0. The molecular weight excluding hydrogens is 304 g/mol. The van der Waals surface area contributed by atoms with E-state index in [1.165, 1.54) is 0 Å². The highest BCUT2D eigenvalue weighted by Gasteiger charge is 2.25. The lowest BCUT2D eigenvalue weighted by Crippen LogP contribution is -2.24. The van der Waals surface area contributed by atoms with Gasteiger partial charge in [0, 0.05) is 6.42 Å². The van der Waals surface area contributed by atoms with Crippen molar-refractivity contribution in [1.82, 2.24) is 0 Å². The van der Waals surface area contributed by atoms with Gasteiger partial charge in [-0.1, -0.05) is 25.0 Å². The molecule has 0 bridgehead atoms. The van der Waals surface area contributed by atoms with E-state index in [0.29, 0.717) is 12.0 Å². The van der Waals surface area contributed by atoms with Crippen molar-refractivity contribution in [1.29, 1.82) is 0 Å². The number of rotatable bonds is 5. The van der Waals surface area contributed by atoms with Gasteiger partial charge >= 0.3 is 11.9 Å². The Labute approximate surface area is 144 Å². The molecule has 1 aliphatic rings. The molecule has 4 nitrogen and oxygen atoms in total. The highest BCUT2D eigenvalue weighted by atomic mass is 16.6. The van der Waals surface area contributed by atoms with E-state index in [1.54, 1.807) is 6.07 Å². The summed E-state index contributed by atoms with van der Waals surface area (Å²) in [6, 6.07) is 7.33. The SMILES string of the molecule is CC(Cc1cccc(C(=O)OC(C)(C)C)c1)OC(=O)C1CCCC1. The van der Waals surface area contributed by atoms with E-state index in [2.05, 4.69) is 0 Å². The average molecular weight is 332 g/mol. The Kier molecular flexibility index (Phi) is 6.03. The lowest BCUT2D eigenvalue weighted by Gasteiger charge is -2.20. The molecular formula is C20H28O4. The van der Waals surface area contributed by atoms with Gasteiger partial charge < -0.3 is 9.47 Å². The van der Waals surface area contributed by atoms with Crippen molar-refractivity contribution < 1.29 is 19.1 Å². The van der Waals surface area contributed by atoms with Crippen LogP contribution in [-0.2, 0) is 20.7 Å². The normalized spacial score (nSPS) is 16.7. The van der Waals surface area contributed by atoms with Gasteiger partial charge in [-0.3, -0.25) is 4.79 Å². The third-order valence-electron chi connectivity index (χ3n) is 4.09. The van der Waals surface area contributed by atoms with E-state index in [-0.39, 0.29) is 24.0 Å². The topological polar surface area (TPSA) is 52.6 Å². The molecule has 1 aromatic rings. The van der Waals surface area contributed by atoms with Crippen LogP contribution in [0.25, 0.3) is 0 Å². The molecule has 0 N–H and O–H groups in total. The predicted molar refractivity (Wildman–Crippen MR) is 92.8 cm³/mol. The van der Waals surface area contributed by atoms with E-state index in [1.807, 2.05) is 45.9 Å². The number of esters is 2. The molecule has 0 saturated heterocycles. The van der Waals surface area contributed by atoms with Gasteiger partial charge in [-0.15, -0.1) is 0 Å². The van der Waals surface area contributed by atoms with Crippen molar-refractivity contribution in [3.63, 3.8) is 0 Å². The Morgan fingerprint density at radius 2 is 1.88 bits per heavy atom. The van der Waals surface area contributed by atoms with Crippen LogP contribution in [0, 0.1) is 5.92 Å². The second-order valence-corrected chi connectivity index (χ2v) is 7.64. The van der Waals surface area contributed by atoms with Gasteiger partial charge in [0.15, 0.2) is 0 Å². The molecule has 132 valence electrons. The number of carbonyl (C=O) groups excluding carboxylic acids is 2. The van der Waals surface area contributed by atoms with Crippen LogP contribution in [0.5, 0.6) is 0 Å². The standard InChI is InChI=1S/C20H28O4/c1-14(23-18(21)16-9-5-6-10-16)12-15-8-7-11-17(13-15)19(22)24-20(2,3)4/h7-8,11,13-14,16H,5-6,9-10,12H2,1-4H3. The summed E-state index contributed by atoms with van der Waals surface area (Å²) < 4.78 is 11.0. The van der Waals surface area contributed by atoms with Gasteiger partial charge in [-0.2, -0.15) is 0 Å². The van der Waals surface area contributed by atoms with E-state index >= 15 is 0 Å². The molecule has 1 fully saturated rings. The summed E-state index contributed by atoms with van der Waals surface area (Å²) in [6.45, 7) is 7.44. The van der Waals surface area contributed by atoms with Gasteiger partial charge in [-0.05, 0) is 58.2 Å². The Morgan fingerprint density at radius 3 is 2.50 bits per heavy atom. The molecule has 4 heteroatoms. The zero-order valence-electron chi connectivity index (χ0n) is 15.1. The summed E-state index contributed by atoms with van der Waals surface area (Å²) in [7, 11) is 0. The quantitative estimate of drug-likeness (QED) is 0.754. The zero-order valence-corrected chi connectivity index (χ0v) is 15.1. The fraction of sp³-hybridized carbons (Fsp3) is 0.600. The Morgan fingerprint density at radius 1 is 1.21 bits per heavy atom. The smallest absolute Gasteiger partial charge is 0.338 e. The van der Waals surface area contributed by atoms with E-state index < -0.39 is 5.60 Å². The second kappa shape index (κ2) is 7.82. The molecule has 1 saturated carbocycles. The molecule has 0 heterocycles. The van der Waals surface area contributed by atoms with Crippen molar-refractivity contribution in [3.05, 3.63) is 35.4 Å². The molecule has 1 unspecified atom stereocenters. The third-order valence-corrected chi connectivity index (χ3v) is 4.09. The highest BCUT2D eigenvalue weighted by Crippen LogP contribution is 2.26. The molecule has 1 atom stereocenters. The minimum Gasteiger partial charge on any atom is -0.462 e. The van der Waals surface area contributed by atoms with Crippen LogP contribution < -0.4 is 0 Å². The number of hydrogen-bond acceptors (Lipinski definition) is 4. The first-order valence-electron chi connectivity index (χ1n) is 8.77. The van der Waals surface area contributed by atoms with Crippen LogP contribution in [0.15, 0.2) is 24.3 Å². The first-order valence-corrected chi connectivity index (χ1v) is 8.77. The van der Waals surface area contributed by atoms with Gasteiger partial charge in [0.05, 0.1) is 11.5 Å². The maximum Gasteiger partial charge on any atom is 0.338 e. The van der Waals surface area contributed by atoms with E-state index in [0.717, 1.165) is 31.2 Å². The van der Waals surface area contributed by atoms with Crippen molar-refractivity contribution >= 4 is 11.9 Å². The van der Waals surface area contributed by atoms with Crippen LogP contribution in [-0.4, -0.2) is 23.6 Å². The number of ether oxygens (including phenoxy) is 2. The van der Waals surface area contributed by atoms with Crippen LogP contribution in [0.3, 0.4) is 0 Å². The summed E-state index contributed by atoms with van der Waals surface area (Å²) in [5.41, 5.74) is 0.971. The number of benzene rings is 1. The van der Waals surface area contributed by atoms with Crippen LogP contribution in [0.4, 0.5) is 0 Å². The van der Waals surface area contributed by atoms with Crippen molar-refractivity contribution in [2.45, 2.75) is 71.5 Å². The zero-order chi connectivity index (χ0) is 17.7. The maximum absolute atomic E-state index is 12.1. The minimum absolute atomic E-state index is 0.0700. The van der Waals surface area contributed by atoms with E-state index in [4.69, 9.17) is 9.47 Å². The van der Waals surface area contributed by atoms with Gasteiger partial charge in [0.1, 0.15) is 11.7 Å². The molecule has 0 spiro atoms. The minimum atomic E-state index is -0.517. The van der Waals surface area contributed by atoms with E-state index in [9.17, 15) is 9.59 Å². The van der Waals surface area contributed by atoms with Crippen molar-refractivity contribution in [2.75, 3.05) is 0 Å². The van der Waals surface area contributed by atoms with Crippen LogP contribution >= 0.6 is 0 Å². The lowest BCUT2D eigenvalue weighted by atomic mass is 10.0. The number of hydrogen-bond donors (Lipinski definition) is 0. The van der Waals surface area contributed by atoms with Gasteiger partial charge in [0.25, 0.3) is 0 Å². The summed E-state index contributed by atoms with van der Waals surface area (Å²) in [5.74, 6) is -0.344. The van der Waals surface area contributed by atoms with Crippen LogP contribution in [0.2, 0.25) is 0 Å². The molecule has 0 aromatic heterocycles. The van der Waals surface area contributed by atoms with Gasteiger partial charge in [-0.25, -0.2) is 4.79 Å². The largest absolute Gasteiger partial charge is 0.462 e. The molecule has 1 aromatic carbocycles. The molecule has 24 heavy (non-hydrogen) atoms. The average Bonchev–Trinajstić information content (AvgIpc) is 2.99. The first-order chi connectivity index (χ1) is 11.2. The Bertz CT molecular complexity index is 580. The molecule has 1 aliphatic carbocycles. The predicted octanol–water partition coefficient (Wildman–Crippen LogP) is 4.31. The molecule has 0 amide bonds. The van der Waals surface area contributed by atoms with Crippen LogP contribution in [0.1, 0.15) is 69.3 Å². The summed E-state index contributed by atoms with van der Waals surface area (Å²) in [4.78, 5) is 24.2. The molecule has 0 aliphatic heterocycles.